The summed E-state index contributed by atoms with van der Waals surface area (Å²) < 4.78 is 18.4. The molecule has 5 heteroatoms. The number of H-pyrrole nitrogens is 1. The molecular formula is C17H21FN2O2. The van der Waals surface area contributed by atoms with Crippen LogP contribution in [0.3, 0.4) is 0 Å². The molecule has 3 rings (SSSR count). The first-order chi connectivity index (χ1) is 10.7. The first-order valence-electron chi connectivity index (χ1n) is 7.68. The van der Waals surface area contributed by atoms with Crippen molar-refractivity contribution < 1.29 is 9.13 Å². The molecule has 0 radical (unpaired) electrons. The number of hydrogen-bond donors (Lipinski definition) is 1. The molecule has 22 heavy (non-hydrogen) atoms. The predicted octanol–water partition coefficient (Wildman–Crippen LogP) is 2.53. The van der Waals surface area contributed by atoms with Gasteiger partial charge in [-0.15, -0.1) is 0 Å². The van der Waals surface area contributed by atoms with E-state index in [1.54, 1.807) is 19.2 Å². The number of nitrogens with one attached hydrogen (secondary N) is 1. The lowest BCUT2D eigenvalue weighted by Crippen LogP contribution is -2.30. The van der Waals surface area contributed by atoms with Crippen molar-refractivity contribution in [2.75, 3.05) is 26.8 Å². The summed E-state index contributed by atoms with van der Waals surface area (Å²) in [6, 6.07) is 5.85. The second kappa shape index (κ2) is 6.58. The van der Waals surface area contributed by atoms with Crippen LogP contribution in [0.25, 0.3) is 10.9 Å². The summed E-state index contributed by atoms with van der Waals surface area (Å²) in [5.41, 5.74) is 1.41. The van der Waals surface area contributed by atoms with Crippen LogP contribution in [-0.2, 0) is 11.3 Å². The number of hydrogen-bond acceptors (Lipinski definition) is 3. The Bertz CT molecular complexity index is 709. The number of methoxy groups -OCH3 is 1. The number of fused-ring (bicyclic) bond motifs is 1. The summed E-state index contributed by atoms with van der Waals surface area (Å²) >= 11 is 0. The molecule has 1 aliphatic carbocycles. The topological polar surface area (TPSA) is 45.3 Å². The van der Waals surface area contributed by atoms with Gasteiger partial charge >= 0.3 is 0 Å². The van der Waals surface area contributed by atoms with Crippen molar-refractivity contribution in [3.8, 4) is 0 Å². The second-order valence-electron chi connectivity index (χ2n) is 6.02. The summed E-state index contributed by atoms with van der Waals surface area (Å²) in [6.45, 7) is 3.24. The van der Waals surface area contributed by atoms with E-state index in [4.69, 9.17) is 4.74 Å². The van der Waals surface area contributed by atoms with Gasteiger partial charge in [0.05, 0.1) is 6.61 Å². The van der Waals surface area contributed by atoms with Crippen LogP contribution in [-0.4, -0.2) is 36.7 Å². The third-order valence-electron chi connectivity index (χ3n) is 4.07. The second-order valence-corrected chi connectivity index (χ2v) is 6.02. The van der Waals surface area contributed by atoms with Crippen molar-refractivity contribution in [3.63, 3.8) is 0 Å². The summed E-state index contributed by atoms with van der Waals surface area (Å²) in [5, 5.41) is 0.398. The molecule has 1 heterocycles. The van der Waals surface area contributed by atoms with Crippen LogP contribution in [0.4, 0.5) is 4.39 Å². The van der Waals surface area contributed by atoms with E-state index >= 15 is 0 Å². The quantitative estimate of drug-likeness (QED) is 0.855. The van der Waals surface area contributed by atoms with Crippen LogP contribution in [0.5, 0.6) is 0 Å². The molecule has 1 fully saturated rings. The van der Waals surface area contributed by atoms with Crippen molar-refractivity contribution in [1.29, 1.82) is 0 Å². The number of aromatic amines is 1. The molecule has 0 unspecified atom stereocenters. The summed E-state index contributed by atoms with van der Waals surface area (Å²) in [5.74, 6) is 0.388. The SMILES string of the molecule is COCCN(Cc1cc(=O)c2cc(F)ccc2[nH]1)CC1CC1. The molecule has 1 aromatic carbocycles. The van der Waals surface area contributed by atoms with Gasteiger partial charge in [0.2, 0.25) is 0 Å². The first kappa shape index (κ1) is 15.2. The maximum absolute atomic E-state index is 13.2. The molecule has 118 valence electrons. The highest BCUT2D eigenvalue weighted by Crippen LogP contribution is 2.30. The standard InChI is InChI=1S/C17H21FN2O2/c1-22-7-6-20(10-12-2-3-12)11-14-9-17(21)15-8-13(18)4-5-16(15)19-14/h4-5,8-9,12H,2-3,6-7,10-11H2,1H3,(H,19,21). The average Bonchev–Trinajstić information content (AvgIpc) is 3.30. The van der Waals surface area contributed by atoms with Gasteiger partial charge in [-0.2, -0.15) is 0 Å². The van der Waals surface area contributed by atoms with Crippen LogP contribution in [0.1, 0.15) is 18.5 Å². The molecular weight excluding hydrogens is 283 g/mol. The number of halogens is 1. The van der Waals surface area contributed by atoms with Crippen molar-refractivity contribution in [2.45, 2.75) is 19.4 Å². The minimum absolute atomic E-state index is 0.138. The molecule has 4 nitrogen and oxygen atoms in total. The van der Waals surface area contributed by atoms with E-state index in [2.05, 4.69) is 9.88 Å². The Morgan fingerprint density at radius 2 is 2.18 bits per heavy atom. The predicted molar refractivity (Wildman–Crippen MR) is 84.4 cm³/mol. The molecule has 2 aromatic rings. The largest absolute Gasteiger partial charge is 0.383 e. The van der Waals surface area contributed by atoms with E-state index in [1.807, 2.05) is 0 Å². The van der Waals surface area contributed by atoms with Gasteiger partial charge < -0.3 is 9.72 Å². The molecule has 1 aromatic heterocycles. The van der Waals surface area contributed by atoms with E-state index in [0.29, 0.717) is 24.1 Å². The van der Waals surface area contributed by atoms with Gasteiger partial charge in [0.25, 0.3) is 0 Å². The van der Waals surface area contributed by atoms with E-state index in [1.165, 1.54) is 25.0 Å². The number of aromatic nitrogens is 1. The van der Waals surface area contributed by atoms with Crippen LogP contribution in [0.15, 0.2) is 29.1 Å². The fourth-order valence-corrected chi connectivity index (χ4v) is 2.72. The first-order valence-corrected chi connectivity index (χ1v) is 7.68. The molecule has 1 saturated carbocycles. The number of pyridine rings is 1. The van der Waals surface area contributed by atoms with Gasteiger partial charge in [-0.25, -0.2) is 4.39 Å². The molecule has 1 aliphatic rings. The number of nitrogens with zero attached hydrogens (tertiary/aromatic N) is 1. The van der Waals surface area contributed by atoms with Gasteiger partial charge in [0.15, 0.2) is 5.43 Å². The van der Waals surface area contributed by atoms with E-state index in [-0.39, 0.29) is 11.2 Å². The number of benzene rings is 1. The number of rotatable bonds is 7. The number of ether oxygens (including phenoxy) is 1. The van der Waals surface area contributed by atoms with Gasteiger partial charge in [0.1, 0.15) is 5.82 Å². The average molecular weight is 304 g/mol. The minimum atomic E-state index is -0.388. The molecule has 0 bridgehead atoms. The highest BCUT2D eigenvalue weighted by molar-refractivity contribution is 5.78. The zero-order valence-electron chi connectivity index (χ0n) is 12.8. The Kier molecular flexibility index (Phi) is 4.55. The van der Waals surface area contributed by atoms with Crippen molar-refractivity contribution in [1.82, 2.24) is 9.88 Å². The molecule has 0 aliphatic heterocycles. The highest BCUT2D eigenvalue weighted by atomic mass is 19.1. The Labute approximate surface area is 128 Å². The molecule has 0 atom stereocenters. The minimum Gasteiger partial charge on any atom is -0.383 e. The lowest BCUT2D eigenvalue weighted by Gasteiger charge is -2.21. The van der Waals surface area contributed by atoms with Gasteiger partial charge in [-0.3, -0.25) is 9.69 Å². The van der Waals surface area contributed by atoms with Gasteiger partial charge in [0, 0.05) is 49.4 Å². The third-order valence-corrected chi connectivity index (χ3v) is 4.07. The Balaban J connectivity index is 1.81. The van der Waals surface area contributed by atoms with E-state index in [9.17, 15) is 9.18 Å². The smallest absolute Gasteiger partial charge is 0.189 e. The summed E-state index contributed by atoms with van der Waals surface area (Å²) in [7, 11) is 1.70. The fourth-order valence-electron chi connectivity index (χ4n) is 2.72. The third kappa shape index (κ3) is 3.72. The molecule has 0 spiro atoms. The van der Waals surface area contributed by atoms with Crippen LogP contribution < -0.4 is 5.43 Å². The Morgan fingerprint density at radius 3 is 2.91 bits per heavy atom. The lowest BCUT2D eigenvalue weighted by molar-refractivity contribution is 0.140. The molecule has 1 N–H and O–H groups in total. The van der Waals surface area contributed by atoms with E-state index < -0.39 is 0 Å². The van der Waals surface area contributed by atoms with Crippen LogP contribution in [0, 0.1) is 11.7 Å². The molecule has 0 amide bonds. The normalized spacial score (nSPS) is 14.9. The van der Waals surface area contributed by atoms with E-state index in [0.717, 1.165) is 24.7 Å². The monoisotopic (exact) mass is 304 g/mol. The van der Waals surface area contributed by atoms with Crippen molar-refractivity contribution in [2.24, 2.45) is 5.92 Å². The zero-order chi connectivity index (χ0) is 15.5. The maximum atomic E-state index is 13.2. The lowest BCUT2D eigenvalue weighted by atomic mass is 10.2. The molecule has 0 saturated heterocycles. The van der Waals surface area contributed by atoms with Crippen LogP contribution in [0.2, 0.25) is 0 Å². The zero-order valence-corrected chi connectivity index (χ0v) is 12.8. The highest BCUT2D eigenvalue weighted by Gasteiger charge is 2.24. The fraction of sp³-hybridized carbons (Fsp3) is 0.471. The van der Waals surface area contributed by atoms with Gasteiger partial charge in [-0.05, 0) is 37.0 Å². The summed E-state index contributed by atoms with van der Waals surface area (Å²) in [6.07, 6.45) is 2.58. The Morgan fingerprint density at radius 1 is 1.36 bits per heavy atom. The Hall–Kier alpha value is -1.72. The van der Waals surface area contributed by atoms with Crippen molar-refractivity contribution in [3.05, 3.63) is 46.0 Å². The summed E-state index contributed by atoms with van der Waals surface area (Å²) in [4.78, 5) is 17.7. The van der Waals surface area contributed by atoms with Gasteiger partial charge in [-0.1, -0.05) is 0 Å². The van der Waals surface area contributed by atoms with Crippen LogP contribution >= 0.6 is 0 Å². The van der Waals surface area contributed by atoms with Crippen molar-refractivity contribution >= 4 is 10.9 Å². The maximum Gasteiger partial charge on any atom is 0.189 e.